The number of benzene rings is 2. The smallest absolute Gasteiger partial charge is 0.545 e. The van der Waals surface area contributed by atoms with E-state index in [9.17, 15) is 19.8 Å². The van der Waals surface area contributed by atoms with Crippen LogP contribution < -0.4 is 19.7 Å². The number of ether oxygens (including phenoxy) is 2. The molecule has 0 saturated heterocycles. The number of carboxylic acids is 2. The number of methoxy groups -OCH3 is 2. The summed E-state index contributed by atoms with van der Waals surface area (Å²) >= 11 is 0. The van der Waals surface area contributed by atoms with E-state index >= 15 is 0 Å². The van der Waals surface area contributed by atoms with Crippen LogP contribution in [0, 0.1) is 0 Å². The summed E-state index contributed by atoms with van der Waals surface area (Å²) in [7, 11) is 2.84. The Bertz CT molecular complexity index is 599. The second kappa shape index (κ2) is 10.9. The third-order valence-electron chi connectivity index (χ3n) is 2.65. The Morgan fingerprint density at radius 2 is 1.04 bits per heavy atom. The van der Waals surface area contributed by atoms with Crippen molar-refractivity contribution in [3.8, 4) is 11.5 Å². The van der Waals surface area contributed by atoms with Crippen LogP contribution in [0.1, 0.15) is 20.7 Å². The van der Waals surface area contributed by atoms with E-state index in [0.717, 1.165) is 0 Å². The first-order valence-electron chi connectivity index (χ1n) is 6.20. The van der Waals surface area contributed by atoms with E-state index in [1.54, 1.807) is 36.4 Å². The molecule has 0 unspecified atom stereocenters. The van der Waals surface area contributed by atoms with Crippen LogP contribution in [-0.4, -0.2) is 63.9 Å². The zero-order valence-electron chi connectivity index (χ0n) is 12.8. The molecular weight excluding hydrogens is 328 g/mol. The number of para-hydroxylation sites is 2. The van der Waals surface area contributed by atoms with Crippen molar-refractivity contribution in [3.63, 3.8) is 0 Å². The quantitative estimate of drug-likeness (QED) is 0.710. The average Bonchev–Trinajstić information content (AvgIpc) is 2.55. The molecule has 23 heavy (non-hydrogen) atoms. The number of carbonyl (C=O) groups is 2. The first-order chi connectivity index (χ1) is 10.5. The van der Waals surface area contributed by atoms with E-state index in [-0.39, 0.29) is 48.9 Å². The molecule has 0 bridgehead atoms. The van der Waals surface area contributed by atoms with Crippen LogP contribution in [0.15, 0.2) is 48.5 Å². The second-order valence-electron chi connectivity index (χ2n) is 3.98. The van der Waals surface area contributed by atoms with Gasteiger partial charge in [-0.2, -0.15) is 0 Å². The molecule has 0 amide bonds. The minimum Gasteiger partial charge on any atom is -0.545 e. The van der Waals surface area contributed by atoms with Crippen molar-refractivity contribution in [2.45, 2.75) is 0 Å². The fourth-order valence-corrected chi connectivity index (χ4v) is 1.63. The number of rotatable bonds is 4. The molecule has 0 fully saturated rings. The number of carbonyl (C=O) groups excluding carboxylic acids is 2. The summed E-state index contributed by atoms with van der Waals surface area (Å²) < 4.78 is 9.57. The predicted octanol–water partition coefficient (Wildman–Crippen LogP) is -0.263. The molecule has 0 aromatic heterocycles. The zero-order chi connectivity index (χ0) is 16.5. The SMILES string of the molecule is COc1ccccc1C(=O)[O-].COc1ccccc1C(=O)[O-].[Ca+2]. The molecule has 0 heterocycles. The molecule has 0 radical (unpaired) electrons. The Hall–Kier alpha value is -1.76. The normalized spacial score (nSPS) is 8.78. The first-order valence-corrected chi connectivity index (χ1v) is 6.20. The Kier molecular flexibility index (Phi) is 10.0. The van der Waals surface area contributed by atoms with E-state index in [0.29, 0.717) is 11.5 Å². The number of hydrogen-bond donors (Lipinski definition) is 0. The fraction of sp³-hybridized carbons (Fsp3) is 0.125. The van der Waals surface area contributed by atoms with Gasteiger partial charge < -0.3 is 29.3 Å². The molecule has 0 N–H and O–H groups in total. The van der Waals surface area contributed by atoms with Crippen LogP contribution in [0.3, 0.4) is 0 Å². The van der Waals surface area contributed by atoms with E-state index in [1.165, 1.54) is 26.4 Å². The third kappa shape index (κ3) is 6.48. The molecular formula is C16H14CaO6. The fourth-order valence-electron chi connectivity index (χ4n) is 1.63. The van der Waals surface area contributed by atoms with E-state index in [1.807, 2.05) is 0 Å². The molecule has 0 spiro atoms. The maximum Gasteiger partial charge on any atom is 2.00 e. The van der Waals surface area contributed by atoms with Crippen molar-refractivity contribution in [2.75, 3.05) is 14.2 Å². The summed E-state index contributed by atoms with van der Waals surface area (Å²) in [4.78, 5) is 20.8. The summed E-state index contributed by atoms with van der Waals surface area (Å²) in [5, 5.41) is 20.8. The van der Waals surface area contributed by atoms with Gasteiger partial charge in [-0.1, -0.05) is 24.3 Å². The van der Waals surface area contributed by atoms with Gasteiger partial charge in [-0.25, -0.2) is 0 Å². The molecule has 2 rings (SSSR count). The van der Waals surface area contributed by atoms with E-state index in [2.05, 4.69) is 0 Å². The first kappa shape index (κ1) is 21.2. The molecule has 7 heteroatoms. The van der Waals surface area contributed by atoms with Gasteiger partial charge in [0.15, 0.2) is 0 Å². The Balaban J connectivity index is 0.000000403. The number of carboxylic acid groups (broad SMARTS) is 2. The summed E-state index contributed by atoms with van der Waals surface area (Å²) in [5.41, 5.74) is 0.157. The van der Waals surface area contributed by atoms with Crippen molar-refractivity contribution < 1.29 is 29.3 Å². The van der Waals surface area contributed by atoms with E-state index < -0.39 is 11.9 Å². The van der Waals surface area contributed by atoms with Crippen molar-refractivity contribution in [2.24, 2.45) is 0 Å². The zero-order valence-corrected chi connectivity index (χ0v) is 15.0. The van der Waals surface area contributed by atoms with Gasteiger partial charge in [0, 0.05) is 11.1 Å². The summed E-state index contributed by atoms with van der Waals surface area (Å²) in [6, 6.07) is 12.7. The standard InChI is InChI=1S/2C8H8O3.Ca/c2*1-11-7-5-3-2-4-6(7)8(9)10;/h2*2-5H,1H3,(H,9,10);/q;;+2/p-2. The van der Waals surface area contributed by atoms with Crippen LogP contribution in [0.2, 0.25) is 0 Å². The van der Waals surface area contributed by atoms with Gasteiger partial charge in [-0.15, -0.1) is 0 Å². The van der Waals surface area contributed by atoms with Gasteiger partial charge in [0.25, 0.3) is 0 Å². The third-order valence-corrected chi connectivity index (χ3v) is 2.65. The maximum atomic E-state index is 10.4. The van der Waals surface area contributed by atoms with Crippen molar-refractivity contribution in [1.29, 1.82) is 0 Å². The molecule has 2 aromatic rings. The van der Waals surface area contributed by atoms with Crippen LogP contribution in [0.4, 0.5) is 0 Å². The summed E-state index contributed by atoms with van der Waals surface area (Å²) in [5.74, 6) is -1.79. The molecule has 6 nitrogen and oxygen atoms in total. The van der Waals surface area contributed by atoms with Gasteiger partial charge in [0.05, 0.1) is 26.2 Å². The molecule has 2 aromatic carbocycles. The Morgan fingerprint density at radius 1 is 0.739 bits per heavy atom. The predicted molar refractivity (Wildman–Crippen MR) is 80.4 cm³/mol. The van der Waals surface area contributed by atoms with Crippen LogP contribution in [0.25, 0.3) is 0 Å². The minimum atomic E-state index is -1.22. The van der Waals surface area contributed by atoms with Crippen LogP contribution in [0.5, 0.6) is 11.5 Å². The monoisotopic (exact) mass is 342 g/mol. The van der Waals surface area contributed by atoms with Crippen molar-refractivity contribution in [1.82, 2.24) is 0 Å². The van der Waals surface area contributed by atoms with Crippen molar-refractivity contribution in [3.05, 3.63) is 59.7 Å². The second-order valence-corrected chi connectivity index (χ2v) is 3.98. The minimum absolute atomic E-state index is 0. The molecule has 116 valence electrons. The topological polar surface area (TPSA) is 98.7 Å². The molecule has 0 aliphatic rings. The van der Waals surface area contributed by atoms with Crippen LogP contribution >= 0.6 is 0 Å². The Morgan fingerprint density at radius 3 is 1.26 bits per heavy atom. The van der Waals surface area contributed by atoms with Gasteiger partial charge in [-0.3, -0.25) is 0 Å². The molecule has 0 saturated carbocycles. The van der Waals surface area contributed by atoms with Crippen LogP contribution in [-0.2, 0) is 0 Å². The number of aromatic carboxylic acids is 2. The molecule has 0 atom stereocenters. The summed E-state index contributed by atoms with van der Waals surface area (Å²) in [6.07, 6.45) is 0. The van der Waals surface area contributed by atoms with Gasteiger partial charge in [0.2, 0.25) is 0 Å². The van der Waals surface area contributed by atoms with E-state index in [4.69, 9.17) is 9.47 Å². The molecule has 0 aliphatic heterocycles. The maximum absolute atomic E-state index is 10.4. The summed E-state index contributed by atoms with van der Waals surface area (Å²) in [6.45, 7) is 0. The largest absolute Gasteiger partial charge is 2.00 e. The van der Waals surface area contributed by atoms with Gasteiger partial charge in [-0.05, 0) is 24.3 Å². The molecule has 0 aliphatic carbocycles. The average molecular weight is 342 g/mol. The van der Waals surface area contributed by atoms with Gasteiger partial charge >= 0.3 is 37.7 Å². The van der Waals surface area contributed by atoms with Crippen molar-refractivity contribution >= 4 is 49.7 Å². The Labute approximate surface area is 163 Å². The number of hydrogen-bond acceptors (Lipinski definition) is 6. The van der Waals surface area contributed by atoms with Gasteiger partial charge in [0.1, 0.15) is 11.5 Å².